The minimum absolute atomic E-state index is 0.738. The van der Waals surface area contributed by atoms with Gasteiger partial charge in [0.1, 0.15) is 0 Å². The monoisotopic (exact) mass is 371 g/mol. The van der Waals surface area contributed by atoms with E-state index < -0.39 is 7.81 Å². The zero-order chi connectivity index (χ0) is 16.9. The number of halogens is 7. The molecule has 22 heavy (non-hydrogen) atoms. The van der Waals surface area contributed by atoms with E-state index in [-0.39, 0.29) is 0 Å². The van der Waals surface area contributed by atoms with Crippen LogP contribution in [-0.4, -0.2) is 6.61 Å². The van der Waals surface area contributed by atoms with E-state index in [1.807, 2.05) is 24.5 Å². The van der Waals surface area contributed by atoms with Crippen molar-refractivity contribution in [2.45, 2.75) is 32.1 Å². The normalized spacial score (nSPS) is 19.4. The van der Waals surface area contributed by atoms with Crippen molar-refractivity contribution in [3.05, 3.63) is 29.5 Å². The van der Waals surface area contributed by atoms with Crippen LogP contribution < -0.4 is 9.57 Å². The van der Waals surface area contributed by atoms with Crippen LogP contribution in [0.5, 0.6) is 0 Å². The Labute approximate surface area is 129 Å². The van der Waals surface area contributed by atoms with Gasteiger partial charge in [0.25, 0.3) is 0 Å². The summed E-state index contributed by atoms with van der Waals surface area (Å²) >= 11 is 5.79. The SMILES string of the molecule is Clc1cc[n+](OCC2CCCCC2)cc1.F[P-](F)(F)(F)(F)F. The molecule has 1 aromatic heterocycles. The summed E-state index contributed by atoms with van der Waals surface area (Å²) in [5, 5.41) is 0.743. The third-order valence-electron chi connectivity index (χ3n) is 2.95. The molecule has 10 heteroatoms. The van der Waals surface area contributed by atoms with Crippen LogP contribution in [0.2, 0.25) is 5.02 Å². The molecule has 0 aliphatic heterocycles. The summed E-state index contributed by atoms with van der Waals surface area (Å²) in [6.07, 6.45) is 10.4. The number of pyridine rings is 1. The van der Waals surface area contributed by atoms with E-state index in [4.69, 9.17) is 16.4 Å². The van der Waals surface area contributed by atoms with E-state index in [2.05, 4.69) is 0 Å². The van der Waals surface area contributed by atoms with Gasteiger partial charge in [-0.15, -0.1) is 0 Å². The molecule has 0 unspecified atom stereocenters. The van der Waals surface area contributed by atoms with Crippen molar-refractivity contribution in [2.24, 2.45) is 5.92 Å². The fourth-order valence-corrected chi connectivity index (χ4v) is 2.14. The second kappa shape index (κ2) is 6.40. The Kier molecular flexibility index (Phi) is 5.61. The van der Waals surface area contributed by atoms with Crippen LogP contribution in [0.3, 0.4) is 0 Å². The van der Waals surface area contributed by atoms with Crippen LogP contribution in [0.4, 0.5) is 25.2 Å². The Bertz CT molecular complexity index is 460. The molecule has 1 heterocycles. The average Bonchev–Trinajstić information content (AvgIpc) is 2.36. The van der Waals surface area contributed by atoms with Crippen molar-refractivity contribution < 1.29 is 34.7 Å². The molecule has 1 saturated carbocycles. The van der Waals surface area contributed by atoms with E-state index in [9.17, 15) is 25.2 Å². The minimum atomic E-state index is -10.7. The van der Waals surface area contributed by atoms with E-state index in [0.29, 0.717) is 0 Å². The zero-order valence-corrected chi connectivity index (χ0v) is 13.2. The van der Waals surface area contributed by atoms with Crippen molar-refractivity contribution in [1.82, 2.24) is 0 Å². The van der Waals surface area contributed by atoms with E-state index in [1.54, 1.807) is 4.73 Å². The Balaban J connectivity index is 0.000000295. The fourth-order valence-electron chi connectivity index (χ4n) is 2.03. The molecule has 130 valence electrons. The van der Waals surface area contributed by atoms with Gasteiger partial charge in [-0.05, 0) is 18.8 Å². The van der Waals surface area contributed by atoms with Crippen LogP contribution in [0.25, 0.3) is 0 Å². The quantitative estimate of drug-likeness (QED) is 0.360. The van der Waals surface area contributed by atoms with Gasteiger partial charge in [0, 0.05) is 16.9 Å². The van der Waals surface area contributed by atoms with Crippen molar-refractivity contribution >= 4 is 19.4 Å². The standard InChI is InChI=1S/C12H17ClNO.F6P/c13-12-6-8-14(9-7-12)15-10-11-4-2-1-3-5-11;1-7(2,3,4,5)6/h6-9,11H,1-5,10H2;/q+1;-1. The summed E-state index contributed by atoms with van der Waals surface area (Å²) in [6.45, 7) is 0.826. The average molecular weight is 372 g/mol. The molecule has 2 nitrogen and oxygen atoms in total. The molecule has 1 aliphatic carbocycles. The Morgan fingerprint density at radius 1 is 1.00 bits per heavy atom. The van der Waals surface area contributed by atoms with Crippen LogP contribution in [0.15, 0.2) is 24.5 Å². The maximum absolute atomic E-state index is 10.7. The van der Waals surface area contributed by atoms with Gasteiger partial charge < -0.3 is 0 Å². The van der Waals surface area contributed by atoms with Gasteiger partial charge in [0.2, 0.25) is 12.4 Å². The van der Waals surface area contributed by atoms with Crippen molar-refractivity contribution in [2.75, 3.05) is 6.61 Å². The van der Waals surface area contributed by atoms with Crippen molar-refractivity contribution in [3.63, 3.8) is 0 Å². The van der Waals surface area contributed by atoms with E-state index in [0.717, 1.165) is 17.5 Å². The summed E-state index contributed by atoms with van der Waals surface area (Å²) in [6, 6.07) is 3.67. The zero-order valence-electron chi connectivity index (χ0n) is 11.6. The first-order chi connectivity index (χ1) is 9.79. The van der Waals surface area contributed by atoms with Gasteiger partial charge in [-0.25, -0.2) is 0 Å². The van der Waals surface area contributed by atoms with E-state index >= 15 is 0 Å². The van der Waals surface area contributed by atoms with Crippen molar-refractivity contribution in [1.29, 1.82) is 0 Å². The first-order valence-electron chi connectivity index (χ1n) is 6.66. The molecule has 0 atom stereocenters. The molecule has 2 rings (SSSR count). The summed E-state index contributed by atoms with van der Waals surface area (Å²) < 4.78 is 60.9. The summed E-state index contributed by atoms with van der Waals surface area (Å²) in [5.41, 5.74) is 0. The van der Waals surface area contributed by atoms with Gasteiger partial charge in [0.15, 0.2) is 6.61 Å². The van der Waals surface area contributed by atoms with Crippen LogP contribution in [-0.2, 0) is 0 Å². The molecule has 0 spiro atoms. The van der Waals surface area contributed by atoms with Crippen LogP contribution in [0, 0.1) is 5.92 Å². The second-order valence-electron chi connectivity index (χ2n) is 5.13. The molecule has 1 aromatic rings. The molecular weight excluding hydrogens is 355 g/mol. The molecule has 1 aliphatic rings. The number of aromatic nitrogens is 1. The third kappa shape index (κ3) is 13.0. The topological polar surface area (TPSA) is 13.1 Å². The molecular formula is C12H17ClF6NOP. The van der Waals surface area contributed by atoms with Gasteiger partial charge in [0.05, 0.1) is 5.02 Å². The number of nitrogens with zero attached hydrogens (tertiary/aromatic N) is 1. The summed E-state index contributed by atoms with van der Waals surface area (Å²) in [7, 11) is -10.7. The van der Waals surface area contributed by atoms with Crippen LogP contribution >= 0.6 is 19.4 Å². The predicted octanol–water partition coefficient (Wildman–Crippen LogP) is 6.02. The van der Waals surface area contributed by atoms with E-state index in [1.165, 1.54) is 32.1 Å². The Morgan fingerprint density at radius 3 is 1.91 bits per heavy atom. The molecule has 1 fully saturated rings. The maximum atomic E-state index is 9.87. The first-order valence-corrected chi connectivity index (χ1v) is 9.07. The summed E-state index contributed by atoms with van der Waals surface area (Å²) in [5.74, 6) is 0.738. The Hall–Kier alpha value is -0.750. The second-order valence-corrected chi connectivity index (χ2v) is 7.49. The van der Waals surface area contributed by atoms with Crippen molar-refractivity contribution in [3.8, 4) is 0 Å². The molecule has 0 bridgehead atoms. The van der Waals surface area contributed by atoms with Gasteiger partial charge >= 0.3 is 33.0 Å². The van der Waals surface area contributed by atoms with Crippen LogP contribution in [0.1, 0.15) is 32.1 Å². The number of hydrogen-bond donors (Lipinski definition) is 0. The number of rotatable bonds is 3. The number of hydrogen-bond acceptors (Lipinski definition) is 1. The first kappa shape index (κ1) is 19.3. The van der Waals surface area contributed by atoms with Gasteiger partial charge in [-0.2, -0.15) is 0 Å². The Morgan fingerprint density at radius 2 is 1.45 bits per heavy atom. The molecule has 0 radical (unpaired) electrons. The molecule has 0 saturated heterocycles. The summed E-state index contributed by atoms with van der Waals surface area (Å²) in [4.78, 5) is 5.66. The molecule has 0 aromatic carbocycles. The molecule has 0 amide bonds. The van der Waals surface area contributed by atoms with Gasteiger partial charge in [-0.3, -0.25) is 4.84 Å². The molecule has 0 N–H and O–H groups in total. The third-order valence-corrected chi connectivity index (χ3v) is 3.20. The van der Waals surface area contributed by atoms with Gasteiger partial charge in [-0.1, -0.05) is 30.9 Å². The predicted molar refractivity (Wildman–Crippen MR) is 73.2 cm³/mol. The fraction of sp³-hybridized carbons (Fsp3) is 0.583.